The topological polar surface area (TPSA) is 88.2 Å². The van der Waals surface area contributed by atoms with Gasteiger partial charge in [0.2, 0.25) is 0 Å². The maximum Gasteiger partial charge on any atom is 0.174 e. The van der Waals surface area contributed by atoms with Crippen molar-refractivity contribution in [3.63, 3.8) is 0 Å². The maximum absolute atomic E-state index is 10.3. The van der Waals surface area contributed by atoms with Crippen LogP contribution in [0.3, 0.4) is 0 Å². The molecule has 3 aliphatic rings. The fraction of sp³-hybridized carbons (Fsp3) is 0.222. The number of aliphatic imine (C=N–C) groups is 1. The van der Waals surface area contributed by atoms with Crippen LogP contribution >= 0.6 is 0 Å². The third-order valence-electron chi connectivity index (χ3n) is 4.83. The van der Waals surface area contributed by atoms with E-state index >= 15 is 0 Å². The van der Waals surface area contributed by atoms with Crippen molar-refractivity contribution in [1.82, 2.24) is 25.3 Å². The van der Waals surface area contributed by atoms with E-state index in [9.17, 15) is 5.11 Å². The largest absolute Gasteiger partial charge is 0.507 e. The minimum absolute atomic E-state index is 0.141. The van der Waals surface area contributed by atoms with Crippen molar-refractivity contribution in [3.05, 3.63) is 48.8 Å². The molecule has 0 amide bonds. The minimum atomic E-state index is 0.141. The monoisotopic (exact) mass is 332 g/mol. The van der Waals surface area contributed by atoms with Gasteiger partial charge < -0.3 is 10.4 Å². The molecular weight excluding hydrogens is 316 g/mol. The van der Waals surface area contributed by atoms with E-state index in [1.807, 2.05) is 36.5 Å². The molecule has 1 aromatic carbocycles. The Morgan fingerprint density at radius 3 is 2.80 bits per heavy atom. The summed E-state index contributed by atoms with van der Waals surface area (Å²) in [6.07, 6.45) is 4.70. The first-order valence-electron chi connectivity index (χ1n) is 8.27. The summed E-state index contributed by atoms with van der Waals surface area (Å²) in [4.78, 5) is 4.60. The Kier molecular flexibility index (Phi) is 3.14. The molecule has 3 aromatic rings. The predicted octanol–water partition coefficient (Wildman–Crippen LogP) is 2.10. The molecule has 25 heavy (non-hydrogen) atoms. The number of nitrogens with zero attached hydrogens (tertiary/aromatic N) is 5. The van der Waals surface area contributed by atoms with E-state index in [1.165, 1.54) is 12.1 Å². The van der Waals surface area contributed by atoms with E-state index in [0.29, 0.717) is 29.0 Å². The fourth-order valence-electron chi connectivity index (χ4n) is 3.44. The van der Waals surface area contributed by atoms with Gasteiger partial charge in [0.25, 0.3) is 0 Å². The van der Waals surface area contributed by atoms with Gasteiger partial charge >= 0.3 is 0 Å². The summed E-state index contributed by atoms with van der Waals surface area (Å²) in [5, 5.41) is 26.3. The molecule has 0 spiro atoms. The van der Waals surface area contributed by atoms with Crippen LogP contribution in [0.1, 0.15) is 6.42 Å². The van der Waals surface area contributed by atoms with Crippen molar-refractivity contribution in [2.75, 3.05) is 6.54 Å². The molecule has 3 fully saturated rings. The molecular formula is C18H16N6O. The van der Waals surface area contributed by atoms with Crippen LogP contribution in [0.2, 0.25) is 0 Å². The number of phenolic OH excluding ortho intramolecular Hbond substituents is 1. The minimum Gasteiger partial charge on any atom is -0.507 e. The third kappa shape index (κ3) is 2.40. The lowest BCUT2D eigenvalue weighted by atomic mass is 9.83. The van der Waals surface area contributed by atoms with Crippen molar-refractivity contribution >= 4 is 11.5 Å². The Hall–Kier alpha value is -3.06. The number of hydrogen-bond acceptors (Lipinski definition) is 6. The van der Waals surface area contributed by atoms with Crippen LogP contribution < -0.4 is 5.32 Å². The molecule has 6 rings (SSSR count). The third-order valence-corrected chi connectivity index (χ3v) is 4.83. The summed E-state index contributed by atoms with van der Waals surface area (Å²) in [6, 6.07) is 11.3. The quantitative estimate of drug-likeness (QED) is 0.767. The van der Waals surface area contributed by atoms with Crippen LogP contribution in [-0.2, 0) is 0 Å². The zero-order chi connectivity index (χ0) is 16.8. The van der Waals surface area contributed by atoms with Gasteiger partial charge in [-0.05, 0) is 36.8 Å². The summed E-state index contributed by atoms with van der Waals surface area (Å²) in [7, 11) is 0. The molecule has 0 radical (unpaired) electrons. The Balaban J connectivity index is 1.42. The average Bonchev–Trinajstić information content (AvgIpc) is 3.38. The van der Waals surface area contributed by atoms with Gasteiger partial charge in [-0.15, -0.1) is 10.2 Å². The molecule has 2 atom stereocenters. The number of rotatable bonds is 3. The Morgan fingerprint density at radius 2 is 2.16 bits per heavy atom. The van der Waals surface area contributed by atoms with Crippen LogP contribution in [0.5, 0.6) is 5.75 Å². The number of benzene rings is 1. The van der Waals surface area contributed by atoms with Gasteiger partial charge in [-0.1, -0.05) is 0 Å². The van der Waals surface area contributed by atoms with E-state index in [0.717, 1.165) is 12.2 Å². The Labute approximate surface area is 144 Å². The number of phenols is 1. The van der Waals surface area contributed by atoms with Gasteiger partial charge in [-0.2, -0.15) is 5.10 Å². The van der Waals surface area contributed by atoms with E-state index in [-0.39, 0.29) is 5.75 Å². The van der Waals surface area contributed by atoms with Crippen molar-refractivity contribution in [2.24, 2.45) is 10.9 Å². The van der Waals surface area contributed by atoms with Crippen LogP contribution in [0.4, 0.5) is 5.82 Å². The molecule has 1 saturated carbocycles. The molecule has 2 saturated heterocycles. The second-order valence-corrected chi connectivity index (χ2v) is 6.36. The number of aromatic hydroxyl groups is 1. The first kappa shape index (κ1) is 14.3. The lowest BCUT2D eigenvalue weighted by molar-refractivity contribution is 0.476. The summed E-state index contributed by atoms with van der Waals surface area (Å²) in [6.45, 7) is 1.02. The summed E-state index contributed by atoms with van der Waals surface area (Å²) in [5.41, 5.74) is 3.22. The fourth-order valence-corrected chi connectivity index (χ4v) is 3.44. The highest BCUT2D eigenvalue weighted by Crippen LogP contribution is 2.33. The molecule has 2 aliphatic heterocycles. The number of nitrogens with one attached hydrogen (secondary N) is 1. The standard InChI is InChI=1S/C18H16N6O/c25-16-9-12(24-7-1-6-20-24)2-3-13(16)14-4-5-17(23-22-14)21-18-11-8-15(18)19-10-11/h1-7,9,11,15,19,25H,8,10H2. The van der Waals surface area contributed by atoms with Crippen molar-refractivity contribution in [2.45, 2.75) is 12.5 Å². The zero-order valence-electron chi connectivity index (χ0n) is 13.4. The highest BCUT2D eigenvalue weighted by molar-refractivity contribution is 6.00. The van der Waals surface area contributed by atoms with Gasteiger partial charge in [0.05, 0.1) is 11.4 Å². The molecule has 7 heteroatoms. The molecule has 4 heterocycles. The Morgan fingerprint density at radius 1 is 1.20 bits per heavy atom. The predicted molar refractivity (Wildman–Crippen MR) is 93.2 cm³/mol. The van der Waals surface area contributed by atoms with Gasteiger partial charge in [-0.25, -0.2) is 9.67 Å². The average molecular weight is 332 g/mol. The first-order chi connectivity index (χ1) is 12.3. The number of aromatic nitrogens is 4. The molecule has 2 bridgehead atoms. The molecule has 2 unspecified atom stereocenters. The van der Waals surface area contributed by atoms with Crippen molar-refractivity contribution in [1.29, 1.82) is 0 Å². The summed E-state index contributed by atoms with van der Waals surface area (Å²) < 4.78 is 1.69. The van der Waals surface area contributed by atoms with Crippen molar-refractivity contribution in [3.8, 4) is 22.7 Å². The molecule has 1 aliphatic carbocycles. The van der Waals surface area contributed by atoms with Gasteiger partial charge in [0.1, 0.15) is 5.75 Å². The van der Waals surface area contributed by atoms with E-state index in [1.54, 1.807) is 16.9 Å². The van der Waals surface area contributed by atoms with Crippen LogP contribution in [0.15, 0.2) is 53.8 Å². The van der Waals surface area contributed by atoms with Gasteiger partial charge in [0.15, 0.2) is 5.82 Å². The summed E-state index contributed by atoms with van der Waals surface area (Å²) >= 11 is 0. The van der Waals surface area contributed by atoms with Crippen LogP contribution in [0.25, 0.3) is 16.9 Å². The van der Waals surface area contributed by atoms with E-state index in [2.05, 4.69) is 25.6 Å². The SMILES string of the molecule is Oc1cc(-n2cccn2)ccc1-c1ccc(N=C2C3CNC2C3)nn1. The Bertz CT molecular complexity index is 932. The smallest absolute Gasteiger partial charge is 0.174 e. The normalized spacial score (nSPS) is 23.0. The number of hydrogen-bond donors (Lipinski definition) is 2. The lowest BCUT2D eigenvalue weighted by Gasteiger charge is -2.24. The van der Waals surface area contributed by atoms with Crippen molar-refractivity contribution < 1.29 is 5.11 Å². The van der Waals surface area contributed by atoms with Crippen LogP contribution in [-0.4, -0.2) is 43.4 Å². The number of fused-ring (bicyclic) bond motifs is 1. The molecule has 2 N–H and O–H groups in total. The van der Waals surface area contributed by atoms with Gasteiger partial charge in [0, 0.05) is 48.2 Å². The molecule has 7 nitrogen and oxygen atoms in total. The highest BCUT2D eigenvalue weighted by atomic mass is 16.3. The van der Waals surface area contributed by atoms with Gasteiger partial charge in [-0.3, -0.25) is 0 Å². The van der Waals surface area contributed by atoms with Crippen LogP contribution in [0, 0.1) is 5.92 Å². The zero-order valence-corrected chi connectivity index (χ0v) is 13.4. The maximum atomic E-state index is 10.3. The molecule has 2 aromatic heterocycles. The molecule has 124 valence electrons. The van der Waals surface area contributed by atoms with E-state index in [4.69, 9.17) is 0 Å². The second-order valence-electron chi connectivity index (χ2n) is 6.36. The second kappa shape index (κ2) is 5.49. The summed E-state index contributed by atoms with van der Waals surface area (Å²) in [5.74, 6) is 1.32. The van der Waals surface area contributed by atoms with E-state index < -0.39 is 0 Å². The lowest BCUT2D eigenvalue weighted by Crippen LogP contribution is -2.37. The first-order valence-corrected chi connectivity index (χ1v) is 8.27. The highest BCUT2D eigenvalue weighted by Gasteiger charge is 2.43.